The van der Waals surface area contributed by atoms with Gasteiger partial charge in [0.15, 0.2) is 33.4 Å². The number of carbonyl (C=O) groups excluding carboxylic acids is 2. The number of nitrogens with one attached hydrogen (secondary N) is 1. The van der Waals surface area contributed by atoms with Gasteiger partial charge in [0.25, 0.3) is 0 Å². The zero-order valence-electron chi connectivity index (χ0n) is 22.4. The van der Waals surface area contributed by atoms with Crippen LogP contribution in [0.2, 0.25) is 0 Å². The minimum atomic E-state index is -1.73. The number of hydrogen-bond acceptors (Lipinski definition) is 10. The van der Waals surface area contributed by atoms with Gasteiger partial charge in [-0.25, -0.2) is 17.6 Å². The minimum absolute atomic E-state index is 0.0391. The summed E-state index contributed by atoms with van der Waals surface area (Å²) in [5.74, 6) is -8.21. The Hall–Kier alpha value is -4.42. The van der Waals surface area contributed by atoms with Crippen molar-refractivity contribution in [2.45, 2.75) is 36.4 Å². The lowest BCUT2D eigenvalue weighted by atomic mass is 9.76. The number of carbonyl (C=O) groups is 2. The van der Waals surface area contributed by atoms with Crippen LogP contribution in [0.15, 0.2) is 57.3 Å². The molecular weight excluding hydrogens is 608 g/mol. The number of rotatable bonds is 8. The Morgan fingerprint density at radius 3 is 2.53 bits per heavy atom. The highest BCUT2D eigenvalue weighted by Gasteiger charge is 2.41. The molecule has 0 radical (unpaired) electrons. The van der Waals surface area contributed by atoms with Crippen molar-refractivity contribution in [3.8, 4) is 11.8 Å². The summed E-state index contributed by atoms with van der Waals surface area (Å²) in [5.41, 5.74) is 7.21. The monoisotopic (exact) mass is 630 g/mol. The van der Waals surface area contributed by atoms with Gasteiger partial charge >= 0.3 is 0 Å². The number of anilines is 2. The van der Waals surface area contributed by atoms with Crippen LogP contribution in [0.25, 0.3) is 0 Å². The second-order valence-corrected chi connectivity index (χ2v) is 11.5. The third-order valence-corrected chi connectivity index (χ3v) is 8.77. The zero-order valence-corrected chi connectivity index (χ0v) is 24.1. The summed E-state index contributed by atoms with van der Waals surface area (Å²) >= 11 is 1.86. The van der Waals surface area contributed by atoms with Crippen molar-refractivity contribution in [1.82, 2.24) is 10.2 Å². The molecule has 0 saturated carbocycles. The first-order valence-corrected chi connectivity index (χ1v) is 14.7. The van der Waals surface area contributed by atoms with E-state index in [2.05, 4.69) is 16.3 Å². The molecule has 3 aromatic rings. The average molecular weight is 631 g/mol. The molecule has 1 atom stereocenters. The Bertz CT molecular complexity index is 1690. The Morgan fingerprint density at radius 1 is 1.19 bits per heavy atom. The highest BCUT2D eigenvalue weighted by Crippen LogP contribution is 2.47. The number of aromatic nitrogens is 2. The van der Waals surface area contributed by atoms with E-state index in [1.807, 2.05) is 12.2 Å². The summed E-state index contributed by atoms with van der Waals surface area (Å²) in [6.45, 7) is 2.35. The number of halogens is 4. The summed E-state index contributed by atoms with van der Waals surface area (Å²) in [6, 6.07) is 9.32. The third kappa shape index (κ3) is 5.80. The van der Waals surface area contributed by atoms with E-state index in [1.54, 1.807) is 24.3 Å². The number of benzene rings is 2. The van der Waals surface area contributed by atoms with Crippen LogP contribution >= 0.6 is 23.1 Å². The van der Waals surface area contributed by atoms with Crippen LogP contribution in [0.3, 0.4) is 0 Å². The van der Waals surface area contributed by atoms with Crippen LogP contribution < -0.4 is 20.7 Å². The quantitative estimate of drug-likeness (QED) is 0.187. The Kier molecular flexibility index (Phi) is 8.69. The Balaban J connectivity index is 1.40. The molecule has 1 amide bonds. The Labute approximate surface area is 251 Å². The van der Waals surface area contributed by atoms with Crippen molar-refractivity contribution < 1.29 is 31.9 Å². The van der Waals surface area contributed by atoms with Crippen molar-refractivity contribution in [1.29, 1.82) is 5.26 Å². The molecule has 1 aliphatic heterocycles. The number of hydrogen-bond donors (Lipinski definition) is 2. The van der Waals surface area contributed by atoms with E-state index in [9.17, 15) is 32.4 Å². The third-order valence-electron chi connectivity index (χ3n) is 6.73. The second-order valence-electron chi connectivity index (χ2n) is 9.35. The second kappa shape index (κ2) is 12.4. The molecule has 1 aliphatic carbocycles. The number of nitrogens with zero attached hydrogens (tertiary/aromatic N) is 4. The lowest BCUT2D eigenvalue weighted by Crippen LogP contribution is -2.38. The number of amides is 1. The van der Waals surface area contributed by atoms with E-state index in [1.165, 1.54) is 4.90 Å². The van der Waals surface area contributed by atoms with Gasteiger partial charge in [-0.05, 0) is 37.5 Å². The van der Waals surface area contributed by atoms with Crippen LogP contribution in [0, 0.1) is 34.6 Å². The SMILES string of the molecule is CCOc1ccc(C2C(C#N)=C(N)N(c3nnc(SCC(=O)Nc4c(F)c(F)cc(F)c4F)s3)C3=C2C(=O)CCC3)cc1. The van der Waals surface area contributed by atoms with E-state index in [-0.39, 0.29) is 32.7 Å². The van der Waals surface area contributed by atoms with Gasteiger partial charge in [-0.3, -0.25) is 14.5 Å². The summed E-state index contributed by atoms with van der Waals surface area (Å²) in [4.78, 5) is 27.1. The van der Waals surface area contributed by atoms with Gasteiger partial charge in [0.1, 0.15) is 17.3 Å². The number of nitriles is 1. The standard InChI is InChI=1S/C28H22F4N6O3S2/c1-2-41-14-8-6-13(7-9-14)21-15(11-33)26(34)38(18-4-3-5-19(39)22(18)21)27-36-37-28(43-27)42-12-20(40)35-25-23(31)16(29)10-17(30)24(25)32/h6-10,21H,2-5,12,34H2,1H3,(H,35,40). The number of Topliss-reactive ketones (excluding diaryl/α,β-unsaturated/α-hetero) is 1. The molecule has 3 N–H and O–H groups in total. The predicted molar refractivity (Wildman–Crippen MR) is 151 cm³/mol. The van der Waals surface area contributed by atoms with Gasteiger partial charge in [0.2, 0.25) is 11.0 Å². The lowest BCUT2D eigenvalue weighted by molar-refractivity contribution is -0.116. The smallest absolute Gasteiger partial charge is 0.234 e. The summed E-state index contributed by atoms with van der Waals surface area (Å²) in [7, 11) is 0. The summed E-state index contributed by atoms with van der Waals surface area (Å²) < 4.78 is 60.5. The fourth-order valence-corrected chi connectivity index (χ4v) is 6.58. The maximum atomic E-state index is 13.9. The summed E-state index contributed by atoms with van der Waals surface area (Å²) in [5, 5.41) is 20.4. The minimum Gasteiger partial charge on any atom is -0.494 e. The molecule has 2 aliphatic rings. The normalized spacial score (nSPS) is 16.7. The van der Waals surface area contributed by atoms with Crippen LogP contribution in [-0.2, 0) is 9.59 Å². The number of allylic oxidation sites excluding steroid dienone is 3. The van der Waals surface area contributed by atoms with Crippen LogP contribution in [0.5, 0.6) is 5.75 Å². The fourth-order valence-electron chi connectivity index (χ4n) is 4.90. The molecule has 2 heterocycles. The molecule has 0 fully saturated rings. The highest BCUT2D eigenvalue weighted by molar-refractivity contribution is 8.01. The van der Waals surface area contributed by atoms with Crippen LogP contribution in [0.4, 0.5) is 28.4 Å². The average Bonchev–Trinajstić information content (AvgIpc) is 3.46. The van der Waals surface area contributed by atoms with Crippen molar-refractivity contribution in [3.05, 3.63) is 81.8 Å². The van der Waals surface area contributed by atoms with Gasteiger partial charge in [-0.2, -0.15) is 5.26 Å². The molecule has 15 heteroatoms. The van der Waals surface area contributed by atoms with Crippen LogP contribution in [0.1, 0.15) is 37.7 Å². The van der Waals surface area contributed by atoms with Crippen molar-refractivity contribution >= 4 is 45.6 Å². The Morgan fingerprint density at radius 2 is 1.88 bits per heavy atom. The predicted octanol–water partition coefficient (Wildman–Crippen LogP) is 5.53. The molecule has 9 nitrogen and oxygen atoms in total. The molecular formula is C28H22F4N6O3S2. The first kappa shape index (κ1) is 30.1. The van der Waals surface area contributed by atoms with Crippen molar-refractivity contribution in [3.63, 3.8) is 0 Å². The fraction of sp³-hybridized carbons (Fsp3) is 0.250. The maximum absolute atomic E-state index is 13.9. The summed E-state index contributed by atoms with van der Waals surface area (Å²) in [6.07, 6.45) is 1.36. The number of ketones is 1. The lowest BCUT2D eigenvalue weighted by Gasteiger charge is -2.38. The van der Waals surface area contributed by atoms with Crippen molar-refractivity contribution in [2.24, 2.45) is 5.73 Å². The van der Waals surface area contributed by atoms with Crippen LogP contribution in [-0.4, -0.2) is 34.2 Å². The molecule has 1 aromatic heterocycles. The molecule has 0 bridgehead atoms. The first-order valence-electron chi connectivity index (χ1n) is 12.9. The van der Waals surface area contributed by atoms with E-state index in [0.717, 1.165) is 23.1 Å². The van der Waals surface area contributed by atoms with E-state index in [4.69, 9.17) is 10.5 Å². The topological polar surface area (TPSA) is 134 Å². The zero-order chi connectivity index (χ0) is 30.8. The molecule has 0 spiro atoms. The van der Waals surface area contributed by atoms with Crippen molar-refractivity contribution in [2.75, 3.05) is 22.6 Å². The van der Waals surface area contributed by atoms with Gasteiger partial charge in [-0.1, -0.05) is 35.2 Å². The van der Waals surface area contributed by atoms with Gasteiger partial charge < -0.3 is 15.8 Å². The van der Waals surface area contributed by atoms with Gasteiger partial charge in [0.05, 0.1) is 29.9 Å². The number of thioether (sulfide) groups is 1. The molecule has 222 valence electrons. The van der Waals surface area contributed by atoms with E-state index >= 15 is 0 Å². The van der Waals surface area contributed by atoms with E-state index in [0.29, 0.717) is 48.5 Å². The van der Waals surface area contributed by atoms with Gasteiger partial charge in [0, 0.05) is 23.8 Å². The molecule has 0 saturated heterocycles. The molecule has 5 rings (SSSR count). The highest BCUT2D eigenvalue weighted by atomic mass is 32.2. The number of nitrogens with two attached hydrogens (primary N) is 1. The first-order chi connectivity index (χ1) is 20.6. The van der Waals surface area contributed by atoms with E-state index < -0.39 is 46.5 Å². The molecule has 43 heavy (non-hydrogen) atoms. The molecule has 1 unspecified atom stereocenters. The van der Waals surface area contributed by atoms with Gasteiger partial charge in [-0.15, -0.1) is 10.2 Å². The number of ether oxygens (including phenoxy) is 1. The maximum Gasteiger partial charge on any atom is 0.234 e. The largest absolute Gasteiger partial charge is 0.494 e. The molecule has 2 aromatic carbocycles.